The molecule has 242 valence electrons. The van der Waals surface area contributed by atoms with Crippen molar-refractivity contribution < 1.29 is 28.3 Å². The second kappa shape index (κ2) is 15.1. The van der Waals surface area contributed by atoms with Crippen LogP contribution >= 0.6 is 27.7 Å². The minimum Gasteiger partial charge on any atom is -0.486 e. The molecule has 0 fully saturated rings. The number of thioether (sulfide) groups is 1. The van der Waals surface area contributed by atoms with E-state index in [1.165, 1.54) is 17.8 Å². The average molecular weight is 725 g/mol. The number of nitrogens with one attached hydrogen (secondary N) is 3. The van der Waals surface area contributed by atoms with Crippen LogP contribution in [0.1, 0.15) is 23.0 Å². The molecule has 3 amide bonds. The number of anilines is 2. The number of hydrogen-bond acceptors (Lipinski definition) is 7. The van der Waals surface area contributed by atoms with Gasteiger partial charge >= 0.3 is 0 Å². The van der Waals surface area contributed by atoms with Gasteiger partial charge in [-0.1, -0.05) is 46.3 Å². The molecule has 1 unspecified atom stereocenters. The molecule has 0 aliphatic carbocycles. The molecule has 9 nitrogen and oxygen atoms in total. The van der Waals surface area contributed by atoms with Gasteiger partial charge in [-0.3, -0.25) is 14.4 Å². The van der Waals surface area contributed by atoms with E-state index in [1.54, 1.807) is 66.7 Å². The summed E-state index contributed by atoms with van der Waals surface area (Å²) in [7, 11) is 0. The van der Waals surface area contributed by atoms with Crippen molar-refractivity contribution in [1.29, 1.82) is 0 Å². The molecule has 0 saturated heterocycles. The first kappa shape index (κ1) is 32.7. The standard InChI is InChI=1S/C37H30BrN3O6S/c1-23(35(42)40-28-13-17-33-34(21-28)46-20-19-45-33)48-30-15-11-27(12-16-30)39-37(44)31(41-36(43)25-5-3-2-4-6-25)22-29-14-18-32(47-29)24-7-9-26(38)10-8-24/h2-18,21-23H,19-20H2,1H3,(H,39,44)(H,40,42)(H,41,43)/b31-22-. The highest BCUT2D eigenvalue weighted by atomic mass is 79.9. The van der Waals surface area contributed by atoms with Crippen molar-refractivity contribution in [3.05, 3.63) is 131 Å². The molecule has 1 atom stereocenters. The van der Waals surface area contributed by atoms with Crippen LogP contribution < -0.4 is 25.4 Å². The van der Waals surface area contributed by atoms with Crippen molar-refractivity contribution in [2.75, 3.05) is 23.8 Å². The summed E-state index contributed by atoms with van der Waals surface area (Å²) in [4.78, 5) is 40.3. The fourth-order valence-electron chi connectivity index (χ4n) is 4.72. The van der Waals surface area contributed by atoms with E-state index in [2.05, 4.69) is 31.9 Å². The molecule has 2 heterocycles. The van der Waals surface area contributed by atoms with Crippen molar-refractivity contribution >= 4 is 62.9 Å². The minimum absolute atomic E-state index is 0.00319. The molecule has 4 aromatic carbocycles. The lowest BCUT2D eigenvalue weighted by Gasteiger charge is -2.19. The van der Waals surface area contributed by atoms with Crippen LogP contribution in [0.25, 0.3) is 17.4 Å². The van der Waals surface area contributed by atoms with Crippen molar-refractivity contribution in [3.8, 4) is 22.8 Å². The van der Waals surface area contributed by atoms with Crippen LogP contribution in [0.5, 0.6) is 11.5 Å². The highest BCUT2D eigenvalue weighted by Crippen LogP contribution is 2.33. The second-order valence-corrected chi connectivity index (χ2v) is 13.0. The first-order valence-electron chi connectivity index (χ1n) is 15.0. The Bertz CT molecular complexity index is 1960. The third-order valence-corrected chi connectivity index (χ3v) is 8.82. The second-order valence-electron chi connectivity index (χ2n) is 10.7. The number of hydrogen-bond donors (Lipinski definition) is 3. The first-order chi connectivity index (χ1) is 23.3. The lowest BCUT2D eigenvalue weighted by Crippen LogP contribution is -2.30. The number of furan rings is 1. The maximum atomic E-state index is 13.5. The number of amides is 3. The maximum Gasteiger partial charge on any atom is 0.272 e. The number of carbonyl (C=O) groups excluding carboxylic acids is 3. The van der Waals surface area contributed by atoms with E-state index in [1.807, 2.05) is 49.4 Å². The van der Waals surface area contributed by atoms with Gasteiger partial charge in [-0.25, -0.2) is 0 Å². The molecule has 0 bridgehead atoms. The SMILES string of the molecule is CC(Sc1ccc(NC(=O)/C(=C/c2ccc(-c3ccc(Br)cc3)o2)NC(=O)c2ccccc2)cc1)C(=O)Nc1ccc2c(c1)OCCO2. The Kier molecular flexibility index (Phi) is 10.3. The Labute approximate surface area is 289 Å². The Hall–Kier alpha value is -5.26. The third-order valence-electron chi connectivity index (χ3n) is 7.17. The zero-order valence-corrected chi connectivity index (χ0v) is 28.1. The number of ether oxygens (including phenoxy) is 2. The molecule has 1 aliphatic heterocycles. The van der Waals surface area contributed by atoms with Gasteiger partial charge in [0.15, 0.2) is 11.5 Å². The molecule has 6 rings (SSSR count). The summed E-state index contributed by atoms with van der Waals surface area (Å²) in [5.74, 6) is 1.12. The Balaban J connectivity index is 1.12. The maximum absolute atomic E-state index is 13.5. The Morgan fingerprint density at radius 1 is 0.792 bits per heavy atom. The van der Waals surface area contributed by atoms with E-state index in [0.29, 0.717) is 53.2 Å². The van der Waals surface area contributed by atoms with E-state index in [0.717, 1.165) is 14.9 Å². The molecule has 48 heavy (non-hydrogen) atoms. The summed E-state index contributed by atoms with van der Waals surface area (Å²) < 4.78 is 18.1. The average Bonchev–Trinajstić information content (AvgIpc) is 3.58. The zero-order chi connectivity index (χ0) is 33.5. The summed E-state index contributed by atoms with van der Waals surface area (Å²) in [5.41, 5.74) is 2.40. The van der Waals surface area contributed by atoms with Gasteiger partial charge in [0.05, 0.1) is 5.25 Å². The quantitative estimate of drug-likeness (QED) is 0.0987. The van der Waals surface area contributed by atoms with Crippen LogP contribution in [0.3, 0.4) is 0 Å². The molecule has 0 saturated carbocycles. The molecular weight excluding hydrogens is 694 g/mol. The number of halogens is 1. The molecule has 0 radical (unpaired) electrons. The smallest absolute Gasteiger partial charge is 0.272 e. The first-order valence-corrected chi connectivity index (χ1v) is 16.7. The zero-order valence-electron chi connectivity index (χ0n) is 25.7. The lowest BCUT2D eigenvalue weighted by molar-refractivity contribution is -0.115. The highest BCUT2D eigenvalue weighted by Gasteiger charge is 2.19. The van der Waals surface area contributed by atoms with Crippen molar-refractivity contribution in [1.82, 2.24) is 5.32 Å². The summed E-state index contributed by atoms with van der Waals surface area (Å²) in [6.45, 7) is 2.78. The fourth-order valence-corrected chi connectivity index (χ4v) is 5.85. The molecule has 3 N–H and O–H groups in total. The number of rotatable bonds is 10. The van der Waals surface area contributed by atoms with Crippen molar-refractivity contribution in [2.24, 2.45) is 0 Å². The Morgan fingerprint density at radius 3 is 2.25 bits per heavy atom. The predicted molar refractivity (Wildman–Crippen MR) is 190 cm³/mol. The fraction of sp³-hybridized carbons (Fsp3) is 0.108. The van der Waals surface area contributed by atoms with Gasteiger partial charge in [0, 0.05) is 44.0 Å². The van der Waals surface area contributed by atoms with E-state index < -0.39 is 17.1 Å². The van der Waals surface area contributed by atoms with Gasteiger partial charge in [0.1, 0.15) is 30.4 Å². The molecule has 1 aromatic heterocycles. The van der Waals surface area contributed by atoms with Crippen LogP contribution in [-0.2, 0) is 9.59 Å². The minimum atomic E-state index is -0.534. The largest absolute Gasteiger partial charge is 0.486 e. The molecular formula is C37H30BrN3O6S. The summed E-state index contributed by atoms with van der Waals surface area (Å²) >= 11 is 4.81. The topological polar surface area (TPSA) is 119 Å². The molecule has 5 aromatic rings. The van der Waals surface area contributed by atoms with Crippen molar-refractivity contribution in [2.45, 2.75) is 17.1 Å². The Morgan fingerprint density at radius 2 is 1.50 bits per heavy atom. The van der Waals surface area contributed by atoms with Crippen molar-refractivity contribution in [3.63, 3.8) is 0 Å². The van der Waals surface area contributed by atoms with Gasteiger partial charge in [0.25, 0.3) is 11.8 Å². The van der Waals surface area contributed by atoms with E-state index in [-0.39, 0.29) is 11.6 Å². The van der Waals surface area contributed by atoms with E-state index in [4.69, 9.17) is 13.9 Å². The van der Waals surface area contributed by atoms with Crippen LogP contribution in [0.4, 0.5) is 11.4 Å². The summed E-state index contributed by atoms with van der Waals surface area (Å²) in [6, 6.07) is 32.2. The van der Waals surface area contributed by atoms with E-state index >= 15 is 0 Å². The monoisotopic (exact) mass is 723 g/mol. The van der Waals surface area contributed by atoms with Gasteiger partial charge in [-0.2, -0.15) is 0 Å². The number of fused-ring (bicyclic) bond motifs is 1. The van der Waals surface area contributed by atoms with Crippen LogP contribution in [0, 0.1) is 0 Å². The normalized spacial score (nSPS) is 12.9. The number of benzene rings is 4. The van der Waals surface area contributed by atoms with Crippen LogP contribution in [0.15, 0.2) is 129 Å². The van der Waals surface area contributed by atoms with Gasteiger partial charge in [-0.05, 0) is 79.7 Å². The van der Waals surface area contributed by atoms with Gasteiger partial charge in [-0.15, -0.1) is 11.8 Å². The molecule has 11 heteroatoms. The van der Waals surface area contributed by atoms with Gasteiger partial charge < -0.3 is 29.8 Å². The molecule has 0 spiro atoms. The van der Waals surface area contributed by atoms with Crippen LogP contribution in [0.2, 0.25) is 0 Å². The highest BCUT2D eigenvalue weighted by molar-refractivity contribution is 9.10. The molecule has 1 aliphatic rings. The van der Waals surface area contributed by atoms with Crippen LogP contribution in [-0.4, -0.2) is 36.2 Å². The van der Waals surface area contributed by atoms with E-state index in [9.17, 15) is 14.4 Å². The predicted octanol–water partition coefficient (Wildman–Crippen LogP) is 8.01. The third kappa shape index (κ3) is 8.36. The summed E-state index contributed by atoms with van der Waals surface area (Å²) in [6.07, 6.45) is 1.49. The lowest BCUT2D eigenvalue weighted by atomic mass is 10.2. The summed E-state index contributed by atoms with van der Waals surface area (Å²) in [5, 5.41) is 8.08. The number of carbonyl (C=O) groups is 3. The van der Waals surface area contributed by atoms with Gasteiger partial charge in [0.2, 0.25) is 5.91 Å².